The summed E-state index contributed by atoms with van der Waals surface area (Å²) in [7, 11) is 0. The summed E-state index contributed by atoms with van der Waals surface area (Å²) in [6, 6.07) is 8.62. The molecule has 18 heavy (non-hydrogen) atoms. The molecule has 4 heteroatoms. The minimum atomic E-state index is -0.193. The van der Waals surface area contributed by atoms with Gasteiger partial charge in [-0.2, -0.15) is 5.26 Å². The Hall–Kier alpha value is -1.53. The lowest BCUT2D eigenvalue weighted by Crippen LogP contribution is -2.30. The largest absolute Gasteiger partial charge is 0.351 e. The van der Waals surface area contributed by atoms with Crippen LogP contribution in [0.25, 0.3) is 0 Å². The molecule has 0 aromatic heterocycles. The molecule has 0 heterocycles. The van der Waals surface area contributed by atoms with Crippen LogP contribution in [-0.2, 0) is 0 Å². The summed E-state index contributed by atoms with van der Waals surface area (Å²) in [5, 5.41) is 11.5. The number of halogens is 1. The summed E-state index contributed by atoms with van der Waals surface area (Å²) < 4.78 is 0. The molecule has 0 radical (unpaired) electrons. The van der Waals surface area contributed by atoms with Crippen LogP contribution in [0.15, 0.2) is 24.3 Å². The average Bonchev–Trinajstić information content (AvgIpc) is 2.35. The number of alkyl halides is 1. The molecule has 1 unspecified atom stereocenters. The van der Waals surface area contributed by atoms with Crippen LogP contribution in [0.3, 0.4) is 0 Å². The van der Waals surface area contributed by atoms with Gasteiger partial charge in [0.25, 0.3) is 5.91 Å². The summed E-state index contributed by atoms with van der Waals surface area (Å²) in [6.07, 6.45) is 0.861. The molecule has 0 bridgehead atoms. The Balaban J connectivity index is 2.53. The fourth-order valence-electron chi connectivity index (χ4n) is 1.63. The second-order valence-corrected chi connectivity index (χ2v) is 5.25. The fraction of sp³-hybridized carbons (Fsp3) is 0.429. The second-order valence-electron chi connectivity index (χ2n) is 4.63. The molecule has 3 nitrogen and oxygen atoms in total. The van der Waals surface area contributed by atoms with E-state index in [1.165, 1.54) is 0 Å². The highest BCUT2D eigenvalue weighted by Crippen LogP contribution is 2.10. The first-order chi connectivity index (χ1) is 8.52. The maximum atomic E-state index is 11.8. The van der Waals surface area contributed by atoms with E-state index in [2.05, 4.69) is 19.2 Å². The minimum absolute atomic E-state index is 0.0619. The minimum Gasteiger partial charge on any atom is -0.351 e. The topological polar surface area (TPSA) is 52.9 Å². The van der Waals surface area contributed by atoms with E-state index >= 15 is 0 Å². The summed E-state index contributed by atoms with van der Waals surface area (Å²) in [5.41, 5.74) is 0.967. The molecule has 0 saturated heterocycles. The van der Waals surface area contributed by atoms with Gasteiger partial charge in [-0.3, -0.25) is 4.79 Å². The Morgan fingerprint density at radius 3 is 2.83 bits per heavy atom. The number of nitrogens with zero attached hydrogens (tertiary/aromatic N) is 1. The van der Waals surface area contributed by atoms with Crippen LogP contribution in [0, 0.1) is 17.2 Å². The first kappa shape index (κ1) is 14.5. The number of hydrogen-bond acceptors (Lipinski definition) is 2. The molecule has 1 N–H and O–H groups in total. The quantitative estimate of drug-likeness (QED) is 0.832. The third-order valence-electron chi connectivity index (χ3n) is 2.47. The third kappa shape index (κ3) is 4.77. The maximum Gasteiger partial charge on any atom is 0.251 e. The highest BCUT2D eigenvalue weighted by atomic mass is 35.5. The lowest BCUT2D eigenvalue weighted by Gasteiger charge is -2.13. The smallest absolute Gasteiger partial charge is 0.251 e. The highest BCUT2D eigenvalue weighted by molar-refractivity contribution is 6.20. The molecule has 0 aliphatic carbocycles. The van der Waals surface area contributed by atoms with Crippen LogP contribution in [0.1, 0.15) is 36.2 Å². The number of amides is 1. The van der Waals surface area contributed by atoms with Crippen LogP contribution in [0.5, 0.6) is 0 Å². The predicted octanol–water partition coefficient (Wildman–Crippen LogP) is 2.94. The van der Waals surface area contributed by atoms with Crippen molar-refractivity contribution >= 4 is 17.5 Å². The zero-order valence-electron chi connectivity index (χ0n) is 10.6. The van der Waals surface area contributed by atoms with Gasteiger partial charge in [-0.1, -0.05) is 19.9 Å². The van der Waals surface area contributed by atoms with E-state index in [9.17, 15) is 4.79 Å². The van der Waals surface area contributed by atoms with Crippen LogP contribution in [0.4, 0.5) is 0 Å². The van der Waals surface area contributed by atoms with Gasteiger partial charge in [-0.25, -0.2) is 0 Å². The molecule has 1 rings (SSSR count). The van der Waals surface area contributed by atoms with Crippen molar-refractivity contribution in [1.82, 2.24) is 5.32 Å². The van der Waals surface area contributed by atoms with E-state index < -0.39 is 0 Å². The Bertz CT molecular complexity index is 451. The number of nitriles is 1. The van der Waals surface area contributed by atoms with Crippen molar-refractivity contribution < 1.29 is 4.79 Å². The van der Waals surface area contributed by atoms with Gasteiger partial charge in [0.2, 0.25) is 0 Å². The van der Waals surface area contributed by atoms with Crippen LogP contribution < -0.4 is 5.32 Å². The number of rotatable bonds is 5. The number of carbonyl (C=O) groups is 1. The van der Waals surface area contributed by atoms with Gasteiger partial charge >= 0.3 is 0 Å². The molecule has 1 aromatic rings. The number of carbonyl (C=O) groups excluding carboxylic acids is 1. The summed E-state index contributed by atoms with van der Waals surface area (Å²) >= 11 is 6.10. The van der Waals surface area contributed by atoms with Gasteiger partial charge in [-0.15, -0.1) is 11.6 Å². The molecule has 96 valence electrons. The predicted molar refractivity (Wildman–Crippen MR) is 72.6 cm³/mol. The maximum absolute atomic E-state index is 11.8. The zero-order valence-corrected chi connectivity index (χ0v) is 11.4. The Labute approximate surface area is 113 Å². The van der Waals surface area contributed by atoms with E-state index in [0.717, 1.165) is 6.42 Å². The monoisotopic (exact) mass is 264 g/mol. The number of hydrogen-bond donors (Lipinski definition) is 1. The highest BCUT2D eigenvalue weighted by Gasteiger charge is 2.10. The van der Waals surface area contributed by atoms with Crippen molar-refractivity contribution in [2.24, 2.45) is 5.92 Å². The number of nitrogens with one attached hydrogen (secondary N) is 1. The standard InChI is InChI=1S/C14H17ClN2O/c1-10(2)6-13(15)9-17-14(18)12-5-3-4-11(7-12)8-16/h3-5,7,10,13H,6,9H2,1-2H3,(H,17,18). The molecule has 0 aliphatic heterocycles. The van der Waals surface area contributed by atoms with E-state index in [1.54, 1.807) is 24.3 Å². The van der Waals surface area contributed by atoms with Gasteiger partial charge < -0.3 is 5.32 Å². The zero-order chi connectivity index (χ0) is 13.5. The SMILES string of the molecule is CC(C)CC(Cl)CNC(=O)c1cccc(C#N)c1. The molecule has 0 saturated carbocycles. The molecule has 1 aromatic carbocycles. The van der Waals surface area contributed by atoms with Gasteiger partial charge in [-0.05, 0) is 30.5 Å². The first-order valence-corrected chi connectivity index (χ1v) is 6.39. The van der Waals surface area contributed by atoms with Crippen molar-refractivity contribution in [3.05, 3.63) is 35.4 Å². The Kier molecular flexibility index (Phi) is 5.67. The lowest BCUT2D eigenvalue weighted by molar-refractivity contribution is 0.0953. The molecule has 0 fully saturated rings. The Morgan fingerprint density at radius 1 is 1.50 bits per heavy atom. The second kappa shape index (κ2) is 7.03. The van der Waals surface area contributed by atoms with Crippen LogP contribution >= 0.6 is 11.6 Å². The number of benzene rings is 1. The fourth-order valence-corrected chi connectivity index (χ4v) is 2.06. The Morgan fingerprint density at radius 2 is 2.22 bits per heavy atom. The van der Waals surface area contributed by atoms with Gasteiger partial charge in [0.15, 0.2) is 0 Å². The summed E-state index contributed by atoms with van der Waals surface area (Å²) in [6.45, 7) is 4.62. The van der Waals surface area contributed by atoms with E-state index in [0.29, 0.717) is 23.6 Å². The molecule has 0 spiro atoms. The summed E-state index contributed by atoms with van der Waals surface area (Å²) in [4.78, 5) is 11.8. The van der Waals surface area contributed by atoms with Gasteiger partial charge in [0, 0.05) is 12.1 Å². The van der Waals surface area contributed by atoms with Crippen LogP contribution in [0.2, 0.25) is 0 Å². The molecular weight excluding hydrogens is 248 g/mol. The molecule has 0 aliphatic rings. The van der Waals surface area contributed by atoms with Gasteiger partial charge in [0.1, 0.15) is 0 Å². The van der Waals surface area contributed by atoms with Crippen molar-refractivity contribution in [1.29, 1.82) is 5.26 Å². The van der Waals surface area contributed by atoms with E-state index in [1.807, 2.05) is 6.07 Å². The first-order valence-electron chi connectivity index (χ1n) is 5.95. The van der Waals surface area contributed by atoms with Gasteiger partial charge in [0.05, 0.1) is 17.0 Å². The average molecular weight is 265 g/mol. The summed E-state index contributed by atoms with van der Waals surface area (Å²) in [5.74, 6) is 0.313. The molecule has 1 atom stereocenters. The van der Waals surface area contributed by atoms with Crippen LogP contribution in [-0.4, -0.2) is 17.8 Å². The van der Waals surface area contributed by atoms with E-state index in [4.69, 9.17) is 16.9 Å². The van der Waals surface area contributed by atoms with Crippen molar-refractivity contribution in [2.45, 2.75) is 25.6 Å². The van der Waals surface area contributed by atoms with E-state index in [-0.39, 0.29) is 11.3 Å². The van der Waals surface area contributed by atoms with Crippen molar-refractivity contribution in [3.8, 4) is 6.07 Å². The lowest BCUT2D eigenvalue weighted by atomic mass is 10.1. The molecule has 1 amide bonds. The third-order valence-corrected chi connectivity index (χ3v) is 2.80. The van der Waals surface area contributed by atoms with Crippen molar-refractivity contribution in [2.75, 3.05) is 6.54 Å². The van der Waals surface area contributed by atoms with Crippen molar-refractivity contribution in [3.63, 3.8) is 0 Å². The normalized spacial score (nSPS) is 11.9. The molecular formula is C14H17ClN2O.